The highest BCUT2D eigenvalue weighted by molar-refractivity contribution is 5.91. The largest absolute Gasteiger partial charge is 0.466 e. The number of allylic oxidation sites excluding steroid dienone is 1. The second kappa shape index (κ2) is 3.83. The summed E-state index contributed by atoms with van der Waals surface area (Å²) in [4.78, 5) is 20.2. The van der Waals surface area contributed by atoms with Gasteiger partial charge >= 0.3 is 5.97 Å². The third-order valence-electron chi connectivity index (χ3n) is 0.825. The van der Waals surface area contributed by atoms with E-state index in [9.17, 15) is 9.59 Å². The molecule has 0 heterocycles. The molecule has 3 heteroatoms. The summed E-state index contributed by atoms with van der Waals surface area (Å²) in [6.45, 7) is 1.51. The fourth-order valence-electron chi connectivity index (χ4n) is 0.331. The normalized spacial score (nSPS) is 10.7. The van der Waals surface area contributed by atoms with Crippen LogP contribution in [0.1, 0.15) is 6.92 Å². The van der Waals surface area contributed by atoms with Gasteiger partial charge in [0.05, 0.1) is 7.11 Å². The number of esters is 1. The van der Waals surface area contributed by atoms with Gasteiger partial charge < -0.3 is 4.74 Å². The number of carbonyl (C=O) groups excluding carboxylic acids is 2. The maximum Gasteiger partial charge on any atom is 0.333 e. The quantitative estimate of drug-likeness (QED) is 0.305. The van der Waals surface area contributed by atoms with Gasteiger partial charge in [0.2, 0.25) is 0 Å². The molecule has 0 aromatic carbocycles. The molecule has 0 aliphatic heterocycles. The Morgan fingerprint density at radius 1 is 1.56 bits per heavy atom. The highest BCUT2D eigenvalue weighted by Gasteiger charge is 1.99. The molecule has 0 unspecified atom stereocenters. The van der Waals surface area contributed by atoms with E-state index >= 15 is 0 Å². The van der Waals surface area contributed by atoms with E-state index in [1.807, 2.05) is 0 Å². The Kier molecular flexibility index (Phi) is 3.35. The monoisotopic (exact) mass is 128 g/mol. The molecule has 0 atom stereocenters. The molecule has 0 spiro atoms. The van der Waals surface area contributed by atoms with Crippen LogP contribution < -0.4 is 0 Å². The predicted octanol–water partition coefficient (Wildman–Crippen LogP) is 0.305. The zero-order chi connectivity index (χ0) is 7.28. The zero-order valence-corrected chi connectivity index (χ0v) is 5.38. The van der Waals surface area contributed by atoms with E-state index in [2.05, 4.69) is 4.74 Å². The summed E-state index contributed by atoms with van der Waals surface area (Å²) < 4.78 is 4.30. The van der Waals surface area contributed by atoms with Crippen LogP contribution in [0, 0.1) is 0 Å². The number of hydrogen-bond donors (Lipinski definition) is 0. The lowest BCUT2D eigenvalue weighted by Gasteiger charge is -1.93. The molecule has 0 amide bonds. The Balaban J connectivity index is 4.01. The molecule has 0 fully saturated rings. The summed E-state index contributed by atoms with van der Waals surface area (Å²) in [5.74, 6) is -0.470. The first-order valence-corrected chi connectivity index (χ1v) is 2.42. The van der Waals surface area contributed by atoms with Crippen LogP contribution in [-0.2, 0) is 14.3 Å². The summed E-state index contributed by atoms with van der Waals surface area (Å²) in [6, 6.07) is 0. The lowest BCUT2D eigenvalue weighted by Crippen LogP contribution is -2.01. The summed E-state index contributed by atoms with van der Waals surface area (Å²) in [5, 5.41) is 0. The average molecular weight is 128 g/mol. The number of methoxy groups -OCH3 is 1. The molecular weight excluding hydrogens is 120 g/mol. The molecule has 0 aromatic heterocycles. The van der Waals surface area contributed by atoms with Gasteiger partial charge in [0.15, 0.2) is 0 Å². The molecule has 0 saturated heterocycles. The number of carbonyl (C=O) groups is 2. The SMILES string of the molecule is COC(=O)/C(C)=C\C=O. The third-order valence-corrected chi connectivity index (χ3v) is 0.825. The van der Waals surface area contributed by atoms with Crippen LogP contribution in [0.5, 0.6) is 0 Å². The molecule has 0 saturated carbocycles. The number of ether oxygens (including phenoxy) is 1. The van der Waals surface area contributed by atoms with E-state index in [1.165, 1.54) is 14.0 Å². The summed E-state index contributed by atoms with van der Waals surface area (Å²) >= 11 is 0. The third kappa shape index (κ3) is 2.64. The highest BCUT2D eigenvalue weighted by Crippen LogP contribution is 1.91. The fraction of sp³-hybridized carbons (Fsp3) is 0.333. The molecule has 0 aliphatic rings. The van der Waals surface area contributed by atoms with Crippen LogP contribution >= 0.6 is 0 Å². The zero-order valence-electron chi connectivity index (χ0n) is 5.38. The van der Waals surface area contributed by atoms with Gasteiger partial charge in [-0.1, -0.05) is 0 Å². The van der Waals surface area contributed by atoms with E-state index in [0.29, 0.717) is 11.9 Å². The topological polar surface area (TPSA) is 43.4 Å². The Morgan fingerprint density at radius 3 is 2.44 bits per heavy atom. The van der Waals surface area contributed by atoms with E-state index < -0.39 is 5.97 Å². The minimum absolute atomic E-state index is 0.313. The van der Waals surface area contributed by atoms with Crippen molar-refractivity contribution in [2.24, 2.45) is 0 Å². The molecule has 50 valence electrons. The minimum atomic E-state index is -0.470. The summed E-state index contributed by atoms with van der Waals surface area (Å²) in [7, 11) is 1.27. The van der Waals surface area contributed by atoms with Crippen molar-refractivity contribution in [1.29, 1.82) is 0 Å². The molecule has 0 rings (SSSR count). The van der Waals surface area contributed by atoms with Crippen LogP contribution in [0.3, 0.4) is 0 Å². The summed E-state index contributed by atoms with van der Waals surface area (Å²) in [6.07, 6.45) is 1.71. The first kappa shape index (κ1) is 7.88. The molecule has 0 aromatic rings. The Labute approximate surface area is 53.3 Å². The van der Waals surface area contributed by atoms with Crippen LogP contribution in [0.2, 0.25) is 0 Å². The molecule has 0 aliphatic carbocycles. The van der Waals surface area contributed by atoms with Crippen molar-refractivity contribution in [2.45, 2.75) is 6.92 Å². The van der Waals surface area contributed by atoms with E-state index in [1.54, 1.807) is 0 Å². The second-order valence-corrected chi connectivity index (χ2v) is 1.48. The average Bonchev–Trinajstić information content (AvgIpc) is 1.87. The van der Waals surface area contributed by atoms with Gasteiger partial charge in [-0.3, -0.25) is 4.79 Å². The first-order valence-electron chi connectivity index (χ1n) is 2.42. The second-order valence-electron chi connectivity index (χ2n) is 1.48. The van der Waals surface area contributed by atoms with Crippen LogP contribution in [0.15, 0.2) is 11.6 Å². The van der Waals surface area contributed by atoms with Crippen molar-refractivity contribution >= 4 is 12.3 Å². The molecule has 0 bridgehead atoms. The number of aldehydes is 1. The first-order chi connectivity index (χ1) is 4.22. The van der Waals surface area contributed by atoms with Crippen molar-refractivity contribution < 1.29 is 14.3 Å². The van der Waals surface area contributed by atoms with Crippen LogP contribution in [0.25, 0.3) is 0 Å². The number of hydrogen-bond acceptors (Lipinski definition) is 3. The van der Waals surface area contributed by atoms with Gasteiger partial charge in [-0.15, -0.1) is 0 Å². The lowest BCUT2D eigenvalue weighted by atomic mass is 10.3. The van der Waals surface area contributed by atoms with Crippen LogP contribution in [-0.4, -0.2) is 19.4 Å². The van der Waals surface area contributed by atoms with Gasteiger partial charge in [-0.25, -0.2) is 4.79 Å². The van der Waals surface area contributed by atoms with Crippen molar-refractivity contribution in [3.05, 3.63) is 11.6 Å². The Hall–Kier alpha value is -1.12. The maximum atomic E-state index is 10.5. The van der Waals surface area contributed by atoms with Crippen molar-refractivity contribution in [3.63, 3.8) is 0 Å². The van der Waals surface area contributed by atoms with Gasteiger partial charge in [-0.05, 0) is 13.0 Å². The molecular formula is C6H8O3. The fourth-order valence-corrected chi connectivity index (χ4v) is 0.331. The Morgan fingerprint density at radius 2 is 2.11 bits per heavy atom. The molecule has 0 radical (unpaired) electrons. The highest BCUT2D eigenvalue weighted by atomic mass is 16.5. The smallest absolute Gasteiger partial charge is 0.333 e. The molecule has 9 heavy (non-hydrogen) atoms. The van der Waals surface area contributed by atoms with Gasteiger partial charge in [0.1, 0.15) is 6.29 Å². The van der Waals surface area contributed by atoms with E-state index in [-0.39, 0.29) is 0 Å². The van der Waals surface area contributed by atoms with E-state index in [4.69, 9.17) is 0 Å². The minimum Gasteiger partial charge on any atom is -0.466 e. The van der Waals surface area contributed by atoms with Gasteiger partial charge in [0, 0.05) is 5.57 Å². The predicted molar refractivity (Wildman–Crippen MR) is 31.8 cm³/mol. The van der Waals surface area contributed by atoms with Crippen molar-refractivity contribution in [3.8, 4) is 0 Å². The molecule has 3 nitrogen and oxygen atoms in total. The van der Waals surface area contributed by atoms with Crippen molar-refractivity contribution in [2.75, 3.05) is 7.11 Å². The lowest BCUT2D eigenvalue weighted by molar-refractivity contribution is -0.136. The summed E-state index contributed by atoms with van der Waals surface area (Å²) in [5.41, 5.74) is 0.313. The van der Waals surface area contributed by atoms with Gasteiger partial charge in [-0.2, -0.15) is 0 Å². The maximum absolute atomic E-state index is 10.5. The van der Waals surface area contributed by atoms with Crippen LogP contribution in [0.4, 0.5) is 0 Å². The number of rotatable bonds is 2. The standard InChI is InChI=1S/C6H8O3/c1-5(3-4-7)6(8)9-2/h3-4H,1-2H3/b5-3-. The van der Waals surface area contributed by atoms with E-state index in [0.717, 1.165) is 6.08 Å². The van der Waals surface area contributed by atoms with Gasteiger partial charge in [0.25, 0.3) is 0 Å². The molecule has 0 N–H and O–H groups in total. The van der Waals surface area contributed by atoms with Crippen molar-refractivity contribution in [1.82, 2.24) is 0 Å². The Bertz CT molecular complexity index is 146.